The van der Waals surface area contributed by atoms with Gasteiger partial charge in [-0.3, -0.25) is 14.9 Å². The third-order valence-corrected chi connectivity index (χ3v) is 4.38. The normalized spacial score (nSPS) is 20.4. The number of aliphatic carboxylic acids is 1. The summed E-state index contributed by atoms with van der Waals surface area (Å²) in [6.07, 6.45) is 1.85. The topological polar surface area (TPSA) is 105 Å². The summed E-state index contributed by atoms with van der Waals surface area (Å²) in [6, 6.07) is 4.67. The van der Waals surface area contributed by atoms with Crippen molar-refractivity contribution in [2.75, 3.05) is 6.61 Å². The van der Waals surface area contributed by atoms with E-state index in [1.54, 1.807) is 12.1 Å². The molecule has 1 aromatic carbocycles. The fourth-order valence-electron chi connectivity index (χ4n) is 3.49. The van der Waals surface area contributed by atoms with Crippen molar-refractivity contribution in [2.45, 2.75) is 38.2 Å². The monoisotopic (exact) mass is 318 g/mol. The highest BCUT2D eigenvalue weighted by Crippen LogP contribution is 2.42. The predicted molar refractivity (Wildman–Crippen MR) is 83.4 cm³/mol. The second-order valence-electron chi connectivity index (χ2n) is 5.88. The smallest absolute Gasteiger partial charge is 0.306 e. The van der Waals surface area contributed by atoms with E-state index < -0.39 is 16.5 Å². The molecule has 7 nitrogen and oxygen atoms in total. The number of aromatic amines is 1. The number of benzene rings is 1. The minimum atomic E-state index is -0.920. The van der Waals surface area contributed by atoms with E-state index in [1.807, 2.05) is 6.92 Å². The summed E-state index contributed by atoms with van der Waals surface area (Å²) in [5, 5.41) is 21.1. The number of carboxylic acid groups (broad SMARTS) is 1. The van der Waals surface area contributed by atoms with Gasteiger partial charge in [-0.25, -0.2) is 0 Å². The summed E-state index contributed by atoms with van der Waals surface area (Å²) >= 11 is 0. The highest BCUT2D eigenvalue weighted by molar-refractivity contribution is 5.87. The van der Waals surface area contributed by atoms with Gasteiger partial charge >= 0.3 is 5.97 Å². The van der Waals surface area contributed by atoms with Gasteiger partial charge < -0.3 is 14.8 Å². The maximum atomic E-state index is 11.3. The first-order valence-corrected chi connectivity index (χ1v) is 7.62. The van der Waals surface area contributed by atoms with Gasteiger partial charge in [0.05, 0.1) is 23.6 Å². The maximum absolute atomic E-state index is 11.3. The zero-order chi connectivity index (χ0) is 16.6. The van der Waals surface area contributed by atoms with Crippen LogP contribution in [0.25, 0.3) is 10.9 Å². The van der Waals surface area contributed by atoms with Crippen LogP contribution in [0.4, 0.5) is 5.69 Å². The predicted octanol–water partition coefficient (Wildman–Crippen LogP) is 3.12. The van der Waals surface area contributed by atoms with E-state index in [0.29, 0.717) is 19.4 Å². The lowest BCUT2D eigenvalue weighted by Crippen LogP contribution is -2.37. The van der Waals surface area contributed by atoms with E-state index in [-0.39, 0.29) is 12.1 Å². The summed E-state index contributed by atoms with van der Waals surface area (Å²) in [4.78, 5) is 25.2. The first kappa shape index (κ1) is 15.5. The van der Waals surface area contributed by atoms with Crippen LogP contribution in [-0.4, -0.2) is 27.6 Å². The quantitative estimate of drug-likeness (QED) is 0.651. The number of nitro groups is 1. The summed E-state index contributed by atoms with van der Waals surface area (Å²) in [5.74, 6) is -0.920. The molecule has 1 aromatic heterocycles. The Morgan fingerprint density at radius 1 is 1.52 bits per heavy atom. The van der Waals surface area contributed by atoms with Gasteiger partial charge in [0.1, 0.15) is 5.60 Å². The van der Waals surface area contributed by atoms with Crippen molar-refractivity contribution in [2.24, 2.45) is 0 Å². The number of fused-ring (bicyclic) bond motifs is 3. The van der Waals surface area contributed by atoms with Gasteiger partial charge in [-0.15, -0.1) is 0 Å². The molecule has 0 saturated carbocycles. The number of ether oxygens (including phenoxy) is 1. The Labute approximate surface area is 132 Å². The molecule has 0 saturated heterocycles. The van der Waals surface area contributed by atoms with Crippen molar-refractivity contribution in [1.82, 2.24) is 4.98 Å². The second-order valence-corrected chi connectivity index (χ2v) is 5.88. The number of nitro benzene ring substituents is 1. The molecule has 0 spiro atoms. The average molecular weight is 318 g/mol. The standard InChI is InChI=1S/C16H18N2O5/c1-2-6-16(9-14(19)20)15-11(5-7-23-16)12-8-10(18(21)22)3-4-13(12)17-15/h3-4,8,17H,2,5-7,9H2,1H3,(H,19,20). The van der Waals surface area contributed by atoms with Gasteiger partial charge in [-0.2, -0.15) is 0 Å². The van der Waals surface area contributed by atoms with Crippen LogP contribution in [0.15, 0.2) is 18.2 Å². The van der Waals surface area contributed by atoms with Gasteiger partial charge in [-0.1, -0.05) is 13.3 Å². The molecule has 2 heterocycles. The zero-order valence-corrected chi connectivity index (χ0v) is 12.8. The van der Waals surface area contributed by atoms with Crippen molar-refractivity contribution < 1.29 is 19.6 Å². The van der Waals surface area contributed by atoms with Crippen molar-refractivity contribution >= 4 is 22.6 Å². The van der Waals surface area contributed by atoms with E-state index in [9.17, 15) is 20.0 Å². The van der Waals surface area contributed by atoms with Crippen molar-refractivity contribution in [3.63, 3.8) is 0 Å². The van der Waals surface area contributed by atoms with Gasteiger partial charge in [0.25, 0.3) is 5.69 Å². The van der Waals surface area contributed by atoms with E-state index in [2.05, 4.69) is 4.98 Å². The SMILES string of the molecule is CCCC1(CC(=O)O)OCCc2c1[nH]c1ccc([N+](=O)[O-])cc21. The molecule has 1 atom stereocenters. The molecule has 0 fully saturated rings. The largest absolute Gasteiger partial charge is 0.481 e. The molecule has 0 aliphatic carbocycles. The molecule has 2 N–H and O–H groups in total. The Balaban J connectivity index is 2.19. The van der Waals surface area contributed by atoms with Crippen molar-refractivity contribution in [3.8, 4) is 0 Å². The highest BCUT2D eigenvalue weighted by atomic mass is 16.6. The number of nitrogens with one attached hydrogen (secondary N) is 1. The Morgan fingerprint density at radius 3 is 2.96 bits per heavy atom. The van der Waals surface area contributed by atoms with E-state index in [0.717, 1.165) is 28.6 Å². The molecular formula is C16H18N2O5. The van der Waals surface area contributed by atoms with Crippen LogP contribution < -0.4 is 0 Å². The summed E-state index contributed by atoms with van der Waals surface area (Å²) < 4.78 is 5.90. The summed E-state index contributed by atoms with van der Waals surface area (Å²) in [5.41, 5.74) is 1.61. The van der Waals surface area contributed by atoms with Crippen LogP contribution >= 0.6 is 0 Å². The molecule has 3 rings (SSSR count). The van der Waals surface area contributed by atoms with Crippen LogP contribution in [0.1, 0.15) is 37.4 Å². The number of carbonyl (C=O) groups is 1. The third kappa shape index (κ3) is 2.57. The van der Waals surface area contributed by atoms with Crippen LogP contribution in [0.3, 0.4) is 0 Å². The molecule has 122 valence electrons. The Hall–Kier alpha value is -2.41. The molecule has 1 unspecified atom stereocenters. The minimum Gasteiger partial charge on any atom is -0.481 e. The molecule has 7 heteroatoms. The number of H-pyrrole nitrogens is 1. The first-order chi connectivity index (χ1) is 11.0. The van der Waals surface area contributed by atoms with Crippen LogP contribution in [0.2, 0.25) is 0 Å². The summed E-state index contributed by atoms with van der Waals surface area (Å²) in [6.45, 7) is 2.39. The number of rotatable bonds is 5. The fraction of sp³-hybridized carbons (Fsp3) is 0.438. The number of hydrogen-bond donors (Lipinski definition) is 2. The third-order valence-electron chi connectivity index (χ3n) is 4.38. The lowest BCUT2D eigenvalue weighted by atomic mass is 9.85. The van der Waals surface area contributed by atoms with Crippen LogP contribution in [0, 0.1) is 10.1 Å². The molecule has 23 heavy (non-hydrogen) atoms. The summed E-state index contributed by atoms with van der Waals surface area (Å²) in [7, 11) is 0. The molecule has 0 radical (unpaired) electrons. The van der Waals surface area contributed by atoms with E-state index >= 15 is 0 Å². The molecule has 1 aliphatic rings. The Morgan fingerprint density at radius 2 is 2.30 bits per heavy atom. The molecule has 2 aromatic rings. The van der Waals surface area contributed by atoms with Crippen LogP contribution in [0.5, 0.6) is 0 Å². The first-order valence-electron chi connectivity index (χ1n) is 7.62. The average Bonchev–Trinajstić information content (AvgIpc) is 2.86. The Bertz CT molecular complexity index is 782. The highest BCUT2D eigenvalue weighted by Gasteiger charge is 2.41. The number of aromatic nitrogens is 1. The van der Waals surface area contributed by atoms with E-state index in [1.165, 1.54) is 6.07 Å². The van der Waals surface area contributed by atoms with Gasteiger partial charge in [0.15, 0.2) is 0 Å². The van der Waals surface area contributed by atoms with Gasteiger partial charge in [-0.05, 0) is 24.5 Å². The second kappa shape index (κ2) is 5.66. The Kier molecular flexibility index (Phi) is 3.81. The number of nitrogens with zero attached hydrogens (tertiary/aromatic N) is 1. The molecule has 1 aliphatic heterocycles. The number of non-ortho nitro benzene ring substituents is 1. The fourth-order valence-corrected chi connectivity index (χ4v) is 3.49. The maximum Gasteiger partial charge on any atom is 0.306 e. The zero-order valence-electron chi connectivity index (χ0n) is 12.8. The molecular weight excluding hydrogens is 300 g/mol. The molecule has 0 bridgehead atoms. The number of hydrogen-bond acceptors (Lipinski definition) is 4. The van der Waals surface area contributed by atoms with E-state index in [4.69, 9.17) is 4.74 Å². The van der Waals surface area contributed by atoms with Crippen LogP contribution in [-0.2, 0) is 21.6 Å². The lowest BCUT2D eigenvalue weighted by Gasteiger charge is -2.36. The van der Waals surface area contributed by atoms with Gasteiger partial charge in [0, 0.05) is 23.0 Å². The number of carboxylic acids is 1. The molecule has 0 amide bonds. The van der Waals surface area contributed by atoms with Crippen molar-refractivity contribution in [1.29, 1.82) is 0 Å². The van der Waals surface area contributed by atoms with Gasteiger partial charge in [0.2, 0.25) is 0 Å². The van der Waals surface area contributed by atoms with Crippen molar-refractivity contribution in [3.05, 3.63) is 39.6 Å². The lowest BCUT2D eigenvalue weighted by molar-refractivity contribution is -0.384. The minimum absolute atomic E-state index is 0.0325.